The average Bonchev–Trinajstić information content (AvgIpc) is 2.38. The fraction of sp³-hybridized carbons (Fsp3) is 0.417. The average molecular weight is 267 g/mol. The molecule has 104 valence electrons. The second kappa shape index (κ2) is 6.69. The molecule has 0 radical (unpaired) electrons. The Labute approximate surface area is 110 Å². The molecule has 0 fully saturated rings. The second-order valence-corrected chi connectivity index (χ2v) is 4.04. The Morgan fingerprint density at radius 2 is 2.16 bits per heavy atom. The van der Waals surface area contributed by atoms with Crippen LogP contribution in [0.25, 0.3) is 0 Å². The van der Waals surface area contributed by atoms with Gasteiger partial charge in [-0.25, -0.2) is 0 Å². The predicted molar refractivity (Wildman–Crippen MR) is 70.8 cm³/mol. The lowest BCUT2D eigenvalue weighted by atomic mass is 10.1. The van der Waals surface area contributed by atoms with E-state index in [1.807, 2.05) is 6.92 Å². The third kappa shape index (κ3) is 3.65. The first-order valence-electron chi connectivity index (χ1n) is 5.95. The molecule has 7 nitrogen and oxygen atoms in total. The van der Waals surface area contributed by atoms with E-state index in [2.05, 4.69) is 0 Å². The molecule has 0 aromatic heterocycles. The van der Waals surface area contributed by atoms with Crippen LogP contribution in [0, 0.1) is 10.1 Å². The van der Waals surface area contributed by atoms with E-state index in [-0.39, 0.29) is 30.1 Å². The van der Waals surface area contributed by atoms with Crippen LogP contribution in [-0.2, 0) is 0 Å². The van der Waals surface area contributed by atoms with Gasteiger partial charge in [0, 0.05) is 30.9 Å². The minimum Gasteiger partial charge on any atom is -0.398 e. The number of nitrogens with two attached hydrogens (primary N) is 1. The van der Waals surface area contributed by atoms with Crippen LogP contribution in [0.5, 0.6) is 0 Å². The number of aliphatic hydroxyl groups excluding tert-OH is 1. The number of anilines is 1. The summed E-state index contributed by atoms with van der Waals surface area (Å²) in [5.74, 6) is -0.405. The number of carbonyl (C=O) groups is 1. The smallest absolute Gasteiger partial charge is 0.270 e. The molecule has 0 bridgehead atoms. The van der Waals surface area contributed by atoms with Crippen molar-refractivity contribution in [1.29, 1.82) is 0 Å². The highest BCUT2D eigenvalue weighted by Crippen LogP contribution is 2.21. The maximum absolute atomic E-state index is 12.2. The van der Waals surface area contributed by atoms with E-state index in [0.29, 0.717) is 6.54 Å². The van der Waals surface area contributed by atoms with Crippen LogP contribution in [0.2, 0.25) is 0 Å². The summed E-state index contributed by atoms with van der Waals surface area (Å²) in [6.45, 7) is 2.37. The third-order valence-electron chi connectivity index (χ3n) is 2.63. The lowest BCUT2D eigenvalue weighted by molar-refractivity contribution is -0.384. The van der Waals surface area contributed by atoms with Crippen molar-refractivity contribution < 1.29 is 14.8 Å². The van der Waals surface area contributed by atoms with Crippen molar-refractivity contribution in [3.8, 4) is 0 Å². The number of nitro benzene ring substituents is 1. The van der Waals surface area contributed by atoms with Crippen molar-refractivity contribution in [2.75, 3.05) is 25.4 Å². The molecular weight excluding hydrogens is 250 g/mol. The highest BCUT2D eigenvalue weighted by Gasteiger charge is 2.20. The number of hydrogen-bond acceptors (Lipinski definition) is 5. The fourth-order valence-corrected chi connectivity index (χ4v) is 1.72. The van der Waals surface area contributed by atoms with Crippen LogP contribution < -0.4 is 5.73 Å². The molecule has 3 N–H and O–H groups in total. The molecular formula is C12H17N3O4. The number of hydrogen-bond donors (Lipinski definition) is 2. The van der Waals surface area contributed by atoms with Gasteiger partial charge in [-0.3, -0.25) is 14.9 Å². The first-order chi connectivity index (χ1) is 9.01. The minimum absolute atomic E-state index is 0.0936. The Bertz CT molecular complexity index is 470. The largest absolute Gasteiger partial charge is 0.398 e. The first-order valence-corrected chi connectivity index (χ1v) is 5.95. The van der Waals surface area contributed by atoms with Gasteiger partial charge in [-0.05, 0) is 12.5 Å². The summed E-state index contributed by atoms with van der Waals surface area (Å²) in [4.78, 5) is 23.8. The van der Waals surface area contributed by atoms with E-state index < -0.39 is 10.8 Å². The minimum atomic E-state index is -0.577. The fourth-order valence-electron chi connectivity index (χ4n) is 1.72. The summed E-state index contributed by atoms with van der Waals surface area (Å²) in [5, 5.41) is 19.6. The van der Waals surface area contributed by atoms with E-state index in [4.69, 9.17) is 10.8 Å². The molecule has 19 heavy (non-hydrogen) atoms. The van der Waals surface area contributed by atoms with Crippen LogP contribution >= 0.6 is 0 Å². The van der Waals surface area contributed by atoms with Gasteiger partial charge >= 0.3 is 0 Å². The van der Waals surface area contributed by atoms with E-state index in [1.165, 1.54) is 17.0 Å². The SMILES string of the molecule is CCCN(CCO)C(=O)c1cc([N+](=O)[O-])ccc1N. The zero-order valence-electron chi connectivity index (χ0n) is 10.7. The van der Waals surface area contributed by atoms with Crippen molar-refractivity contribution in [2.24, 2.45) is 0 Å². The molecule has 1 aromatic rings. The normalized spacial score (nSPS) is 10.2. The molecule has 1 aromatic carbocycles. The Morgan fingerprint density at radius 1 is 1.47 bits per heavy atom. The molecule has 7 heteroatoms. The van der Waals surface area contributed by atoms with Crippen LogP contribution in [-0.4, -0.2) is 40.5 Å². The van der Waals surface area contributed by atoms with Gasteiger partial charge in [0.2, 0.25) is 0 Å². The Morgan fingerprint density at radius 3 is 2.68 bits per heavy atom. The van der Waals surface area contributed by atoms with E-state index in [9.17, 15) is 14.9 Å². The zero-order valence-corrected chi connectivity index (χ0v) is 10.7. The number of aliphatic hydroxyl groups is 1. The Hall–Kier alpha value is -2.15. The molecule has 0 saturated carbocycles. The molecule has 1 amide bonds. The summed E-state index contributed by atoms with van der Waals surface area (Å²) in [6.07, 6.45) is 0.723. The molecule has 0 spiro atoms. The van der Waals surface area contributed by atoms with Gasteiger partial charge < -0.3 is 15.7 Å². The highest BCUT2D eigenvalue weighted by atomic mass is 16.6. The number of amides is 1. The molecule has 0 heterocycles. The summed E-state index contributed by atoms with van der Waals surface area (Å²) in [6, 6.07) is 3.76. The molecule has 0 aliphatic carbocycles. The van der Waals surface area contributed by atoms with E-state index >= 15 is 0 Å². The number of nitrogen functional groups attached to an aromatic ring is 1. The summed E-state index contributed by atoms with van der Waals surface area (Å²) in [7, 11) is 0. The van der Waals surface area contributed by atoms with Gasteiger partial charge in [-0.2, -0.15) is 0 Å². The van der Waals surface area contributed by atoms with Crippen molar-refractivity contribution in [3.05, 3.63) is 33.9 Å². The monoisotopic (exact) mass is 267 g/mol. The lowest BCUT2D eigenvalue weighted by Crippen LogP contribution is -2.34. The van der Waals surface area contributed by atoms with Crippen molar-refractivity contribution >= 4 is 17.3 Å². The van der Waals surface area contributed by atoms with Crippen LogP contribution in [0.15, 0.2) is 18.2 Å². The molecule has 0 atom stereocenters. The standard InChI is InChI=1S/C12H17N3O4/c1-2-5-14(6-7-16)12(17)10-8-9(15(18)19)3-4-11(10)13/h3-4,8,16H,2,5-7,13H2,1H3. The summed E-state index contributed by atoms with van der Waals surface area (Å²) < 4.78 is 0. The molecule has 0 aliphatic heterocycles. The zero-order chi connectivity index (χ0) is 14.4. The van der Waals surface area contributed by atoms with Gasteiger partial charge in [0.1, 0.15) is 0 Å². The molecule has 0 aliphatic rings. The van der Waals surface area contributed by atoms with Crippen LogP contribution in [0.3, 0.4) is 0 Å². The summed E-state index contributed by atoms with van der Waals surface area (Å²) >= 11 is 0. The van der Waals surface area contributed by atoms with Crippen LogP contribution in [0.1, 0.15) is 23.7 Å². The van der Waals surface area contributed by atoms with Crippen LogP contribution in [0.4, 0.5) is 11.4 Å². The Kier molecular flexibility index (Phi) is 5.25. The second-order valence-electron chi connectivity index (χ2n) is 4.04. The lowest BCUT2D eigenvalue weighted by Gasteiger charge is -2.21. The number of rotatable bonds is 6. The predicted octanol–water partition coefficient (Wildman–Crippen LogP) is 1.02. The van der Waals surface area contributed by atoms with Crippen molar-refractivity contribution in [2.45, 2.75) is 13.3 Å². The third-order valence-corrected chi connectivity index (χ3v) is 2.63. The number of benzene rings is 1. The number of non-ortho nitro benzene ring substituents is 1. The Balaban J connectivity index is 3.08. The van der Waals surface area contributed by atoms with Crippen molar-refractivity contribution in [1.82, 2.24) is 4.90 Å². The topological polar surface area (TPSA) is 110 Å². The molecule has 0 unspecified atom stereocenters. The van der Waals surface area contributed by atoms with E-state index in [0.717, 1.165) is 12.5 Å². The van der Waals surface area contributed by atoms with Gasteiger partial charge in [0.25, 0.3) is 11.6 Å². The maximum Gasteiger partial charge on any atom is 0.270 e. The van der Waals surface area contributed by atoms with E-state index in [1.54, 1.807) is 0 Å². The quantitative estimate of drug-likeness (QED) is 0.454. The number of nitro groups is 1. The first kappa shape index (κ1) is 14.9. The van der Waals surface area contributed by atoms with Gasteiger partial charge in [-0.15, -0.1) is 0 Å². The van der Waals surface area contributed by atoms with Gasteiger partial charge in [0.05, 0.1) is 17.1 Å². The van der Waals surface area contributed by atoms with Crippen molar-refractivity contribution in [3.63, 3.8) is 0 Å². The molecule has 0 saturated heterocycles. The van der Waals surface area contributed by atoms with Gasteiger partial charge in [0.15, 0.2) is 0 Å². The number of nitrogens with zero attached hydrogens (tertiary/aromatic N) is 2. The summed E-state index contributed by atoms with van der Waals surface area (Å²) in [5.41, 5.74) is 5.79. The number of carbonyl (C=O) groups excluding carboxylic acids is 1. The highest BCUT2D eigenvalue weighted by molar-refractivity contribution is 5.99. The van der Waals surface area contributed by atoms with Gasteiger partial charge in [-0.1, -0.05) is 6.92 Å². The maximum atomic E-state index is 12.2. The molecule has 1 rings (SSSR count).